The summed E-state index contributed by atoms with van der Waals surface area (Å²) in [6.07, 6.45) is 1.28. The summed E-state index contributed by atoms with van der Waals surface area (Å²) in [6, 6.07) is 7.44. The SMILES string of the molecule is CC(C)N1C(=O)C2=NC=NC2=NC1(C(C)C)N(C(C)C)S(=O)(=O)c1ccccc1. The fraction of sp³-hybridized carbons (Fsp3) is 0.500. The van der Waals surface area contributed by atoms with Crippen LogP contribution in [0.15, 0.2) is 50.2 Å². The molecule has 0 saturated carbocycles. The molecular weight excluding hydrogens is 390 g/mol. The molecule has 2 heterocycles. The average Bonchev–Trinajstić information content (AvgIpc) is 3.10. The Morgan fingerprint density at radius 3 is 2.17 bits per heavy atom. The Kier molecular flexibility index (Phi) is 5.48. The van der Waals surface area contributed by atoms with Gasteiger partial charge in [-0.2, -0.15) is 4.31 Å². The Hall–Kier alpha value is -2.39. The normalized spacial score (nSPS) is 22.0. The molecule has 2 aliphatic rings. The van der Waals surface area contributed by atoms with E-state index in [0.29, 0.717) is 0 Å². The molecule has 2 aliphatic heterocycles. The van der Waals surface area contributed by atoms with Gasteiger partial charge in [0.2, 0.25) is 15.8 Å². The molecule has 29 heavy (non-hydrogen) atoms. The first-order chi connectivity index (χ1) is 13.5. The van der Waals surface area contributed by atoms with Crippen LogP contribution in [0.25, 0.3) is 0 Å². The predicted octanol–water partition coefficient (Wildman–Crippen LogP) is 2.53. The molecular formula is C20H27N5O3S. The van der Waals surface area contributed by atoms with Crippen molar-refractivity contribution in [3.63, 3.8) is 0 Å². The van der Waals surface area contributed by atoms with Gasteiger partial charge >= 0.3 is 0 Å². The minimum Gasteiger partial charge on any atom is -0.296 e. The Morgan fingerprint density at radius 2 is 1.66 bits per heavy atom. The van der Waals surface area contributed by atoms with Gasteiger partial charge in [0.15, 0.2) is 11.5 Å². The van der Waals surface area contributed by atoms with Crippen LogP contribution in [0.1, 0.15) is 41.5 Å². The van der Waals surface area contributed by atoms with E-state index in [0.717, 1.165) is 0 Å². The quantitative estimate of drug-likeness (QED) is 0.712. The average molecular weight is 418 g/mol. The first kappa shape index (κ1) is 21.3. The summed E-state index contributed by atoms with van der Waals surface area (Å²) >= 11 is 0. The summed E-state index contributed by atoms with van der Waals surface area (Å²) in [4.78, 5) is 28.0. The van der Waals surface area contributed by atoms with Gasteiger partial charge in [-0.15, -0.1) is 0 Å². The topological polar surface area (TPSA) is 94.8 Å². The lowest BCUT2D eigenvalue weighted by molar-refractivity contribution is -0.146. The summed E-state index contributed by atoms with van der Waals surface area (Å²) in [7, 11) is -3.98. The molecule has 0 N–H and O–H groups in total. The smallest absolute Gasteiger partial charge is 0.279 e. The molecule has 1 aromatic carbocycles. The largest absolute Gasteiger partial charge is 0.296 e. The summed E-state index contributed by atoms with van der Waals surface area (Å²) in [5.74, 6) is -2.01. The lowest BCUT2D eigenvalue weighted by Gasteiger charge is -2.53. The van der Waals surface area contributed by atoms with Crippen molar-refractivity contribution < 1.29 is 13.2 Å². The van der Waals surface area contributed by atoms with Crippen molar-refractivity contribution in [1.82, 2.24) is 9.21 Å². The molecule has 156 valence electrons. The van der Waals surface area contributed by atoms with E-state index in [2.05, 4.69) is 9.98 Å². The minimum atomic E-state index is -3.98. The molecule has 0 bridgehead atoms. The molecule has 1 unspecified atom stereocenters. The number of sulfonamides is 1. The van der Waals surface area contributed by atoms with E-state index in [-0.39, 0.29) is 34.3 Å². The molecule has 8 nitrogen and oxygen atoms in total. The van der Waals surface area contributed by atoms with Crippen molar-refractivity contribution in [3.05, 3.63) is 30.3 Å². The zero-order chi connectivity index (χ0) is 21.6. The number of benzene rings is 1. The lowest BCUT2D eigenvalue weighted by Crippen LogP contribution is -2.72. The fourth-order valence-corrected chi connectivity index (χ4v) is 5.91. The molecule has 0 saturated heterocycles. The van der Waals surface area contributed by atoms with Gasteiger partial charge < -0.3 is 0 Å². The highest BCUT2D eigenvalue weighted by atomic mass is 32.2. The van der Waals surface area contributed by atoms with E-state index in [1.54, 1.807) is 44.2 Å². The third-order valence-electron chi connectivity index (χ3n) is 5.01. The van der Waals surface area contributed by atoms with Crippen LogP contribution in [0.2, 0.25) is 0 Å². The predicted molar refractivity (Wildman–Crippen MR) is 114 cm³/mol. The van der Waals surface area contributed by atoms with Crippen LogP contribution < -0.4 is 0 Å². The van der Waals surface area contributed by atoms with Gasteiger partial charge in [0.1, 0.15) is 6.34 Å². The number of aliphatic imine (C=N–C) groups is 3. The van der Waals surface area contributed by atoms with Crippen LogP contribution >= 0.6 is 0 Å². The monoisotopic (exact) mass is 417 g/mol. The van der Waals surface area contributed by atoms with E-state index in [4.69, 9.17) is 4.99 Å². The third kappa shape index (κ3) is 3.22. The van der Waals surface area contributed by atoms with Crippen molar-refractivity contribution in [2.75, 3.05) is 0 Å². The Morgan fingerprint density at radius 1 is 1.03 bits per heavy atom. The van der Waals surface area contributed by atoms with Crippen molar-refractivity contribution in [3.8, 4) is 0 Å². The van der Waals surface area contributed by atoms with Gasteiger partial charge in [-0.1, -0.05) is 32.0 Å². The fourth-order valence-electron chi connectivity index (χ4n) is 3.94. The maximum atomic E-state index is 13.8. The number of amides is 1. The second-order valence-electron chi connectivity index (χ2n) is 7.98. The maximum Gasteiger partial charge on any atom is 0.279 e. The second kappa shape index (κ2) is 7.46. The van der Waals surface area contributed by atoms with E-state index < -0.39 is 21.9 Å². The highest BCUT2D eigenvalue weighted by molar-refractivity contribution is 7.89. The number of hydrogen-bond donors (Lipinski definition) is 0. The van der Waals surface area contributed by atoms with Gasteiger partial charge in [-0.25, -0.2) is 23.4 Å². The number of hydrogen-bond acceptors (Lipinski definition) is 6. The van der Waals surface area contributed by atoms with Crippen molar-refractivity contribution in [2.24, 2.45) is 20.9 Å². The number of rotatable bonds is 6. The molecule has 1 amide bonds. The van der Waals surface area contributed by atoms with E-state index in [9.17, 15) is 13.2 Å². The standard InChI is InChI=1S/C20H27N5O3S/c1-13(2)20(23-18-17(21-12-22-18)19(26)24(20)14(3)4)25(15(5)6)29(27,28)16-10-8-7-9-11-16/h7-15H,1-6H3. The molecule has 0 aromatic heterocycles. The Bertz CT molecular complexity index is 996. The van der Waals surface area contributed by atoms with Gasteiger partial charge in [-0.3, -0.25) is 9.69 Å². The van der Waals surface area contributed by atoms with Crippen LogP contribution in [0.4, 0.5) is 0 Å². The van der Waals surface area contributed by atoms with Gasteiger partial charge in [0.05, 0.1) is 4.90 Å². The number of amidine groups is 1. The summed E-state index contributed by atoms with van der Waals surface area (Å²) in [6.45, 7) is 11.0. The summed E-state index contributed by atoms with van der Waals surface area (Å²) in [5.41, 5.74) is 0.149. The Labute approximate surface area is 172 Å². The van der Waals surface area contributed by atoms with Crippen molar-refractivity contribution >= 4 is 33.8 Å². The molecule has 0 fully saturated rings. The van der Waals surface area contributed by atoms with E-state index in [1.165, 1.54) is 15.5 Å². The number of fused-ring (bicyclic) bond motifs is 1. The van der Waals surface area contributed by atoms with E-state index in [1.807, 2.05) is 27.7 Å². The second-order valence-corrected chi connectivity index (χ2v) is 9.79. The first-order valence-corrected chi connectivity index (χ1v) is 11.1. The third-order valence-corrected chi connectivity index (χ3v) is 7.09. The van der Waals surface area contributed by atoms with Crippen LogP contribution in [0.5, 0.6) is 0 Å². The highest BCUT2D eigenvalue weighted by Crippen LogP contribution is 2.41. The minimum absolute atomic E-state index is 0.149. The Balaban J connectivity index is 2.35. The molecule has 0 radical (unpaired) electrons. The van der Waals surface area contributed by atoms with Crippen molar-refractivity contribution in [1.29, 1.82) is 0 Å². The summed E-state index contributed by atoms with van der Waals surface area (Å²) < 4.78 is 28.9. The molecule has 1 atom stereocenters. The highest BCUT2D eigenvalue weighted by Gasteiger charge is 2.58. The number of nitrogens with zero attached hydrogens (tertiary/aromatic N) is 5. The van der Waals surface area contributed by atoms with Gasteiger partial charge in [-0.05, 0) is 39.8 Å². The lowest BCUT2D eigenvalue weighted by atomic mass is 9.97. The zero-order valence-corrected chi connectivity index (χ0v) is 18.4. The zero-order valence-electron chi connectivity index (χ0n) is 17.6. The van der Waals surface area contributed by atoms with Crippen molar-refractivity contribution in [2.45, 2.75) is 64.3 Å². The van der Waals surface area contributed by atoms with E-state index >= 15 is 0 Å². The molecule has 9 heteroatoms. The van der Waals surface area contributed by atoms with Crippen LogP contribution in [-0.4, -0.2) is 59.3 Å². The van der Waals surface area contributed by atoms with Gasteiger partial charge in [0, 0.05) is 18.0 Å². The maximum absolute atomic E-state index is 13.8. The molecule has 0 spiro atoms. The summed E-state index contributed by atoms with van der Waals surface area (Å²) in [5, 5.41) is 0. The van der Waals surface area contributed by atoms with Crippen LogP contribution in [0, 0.1) is 5.92 Å². The number of carbonyl (C=O) groups excluding carboxylic acids is 1. The van der Waals surface area contributed by atoms with Crippen LogP contribution in [-0.2, 0) is 14.8 Å². The van der Waals surface area contributed by atoms with Gasteiger partial charge in [0.25, 0.3) is 5.91 Å². The first-order valence-electron chi connectivity index (χ1n) is 9.69. The molecule has 1 aromatic rings. The molecule has 0 aliphatic carbocycles. The number of carbonyl (C=O) groups is 1. The molecule has 3 rings (SSSR count). The van der Waals surface area contributed by atoms with Crippen LogP contribution in [0.3, 0.4) is 0 Å².